The molecule has 4 atom stereocenters. The third-order valence-electron chi connectivity index (χ3n) is 9.54. The van der Waals surface area contributed by atoms with Crippen molar-refractivity contribution in [2.24, 2.45) is 11.8 Å². The Balaban J connectivity index is 1.12. The quantitative estimate of drug-likeness (QED) is 0.351. The summed E-state index contributed by atoms with van der Waals surface area (Å²) in [6.45, 7) is 8.22. The molecule has 0 amide bonds. The van der Waals surface area contributed by atoms with Crippen molar-refractivity contribution in [1.29, 1.82) is 0 Å². The Kier molecular flexibility index (Phi) is 7.56. The summed E-state index contributed by atoms with van der Waals surface area (Å²) in [5, 5.41) is 33.1. The molecule has 0 radical (unpaired) electrons. The van der Waals surface area contributed by atoms with Crippen LogP contribution >= 0.6 is 11.5 Å². The van der Waals surface area contributed by atoms with Gasteiger partial charge in [-0.2, -0.15) is 4.37 Å². The number of benzene rings is 1. The molecule has 7 nitrogen and oxygen atoms in total. The number of piperazine rings is 1. The van der Waals surface area contributed by atoms with Gasteiger partial charge in [-0.05, 0) is 79.4 Å². The van der Waals surface area contributed by atoms with Gasteiger partial charge >= 0.3 is 0 Å². The minimum absolute atomic E-state index is 0.173. The monoisotopic (exact) mass is 538 g/mol. The second kappa shape index (κ2) is 11.1. The van der Waals surface area contributed by atoms with E-state index in [1.54, 1.807) is 11.5 Å². The van der Waals surface area contributed by atoms with Crippen molar-refractivity contribution < 1.29 is 15.3 Å². The van der Waals surface area contributed by atoms with Crippen LogP contribution in [0.5, 0.6) is 11.8 Å². The molecule has 38 heavy (non-hydrogen) atoms. The van der Waals surface area contributed by atoms with Crippen LogP contribution in [-0.4, -0.2) is 68.5 Å². The smallest absolute Gasteiger partial charge is 0.197 e. The average molecular weight is 539 g/mol. The van der Waals surface area contributed by atoms with Gasteiger partial charge in [0.15, 0.2) is 11.8 Å². The molecule has 1 saturated carbocycles. The predicted octanol–water partition coefficient (Wildman–Crippen LogP) is 5.50. The summed E-state index contributed by atoms with van der Waals surface area (Å²) in [4.78, 5) is 5.07. The number of aliphatic hydroxyl groups is 1. The van der Waals surface area contributed by atoms with Gasteiger partial charge in [0.1, 0.15) is 5.82 Å². The Bertz CT molecular complexity index is 1250. The summed E-state index contributed by atoms with van der Waals surface area (Å²) in [7, 11) is 0. The van der Waals surface area contributed by atoms with Crippen molar-refractivity contribution in [1.82, 2.24) is 13.8 Å². The third kappa shape index (κ3) is 4.80. The molecule has 1 aliphatic heterocycles. The van der Waals surface area contributed by atoms with E-state index in [9.17, 15) is 15.3 Å². The van der Waals surface area contributed by atoms with E-state index in [1.807, 2.05) is 4.57 Å². The fourth-order valence-electron chi connectivity index (χ4n) is 7.53. The zero-order chi connectivity index (χ0) is 26.2. The highest BCUT2D eigenvalue weighted by molar-refractivity contribution is 7.13. The zero-order valence-corrected chi connectivity index (χ0v) is 23.4. The van der Waals surface area contributed by atoms with Crippen LogP contribution in [0.4, 0.5) is 5.82 Å². The minimum atomic E-state index is 0.173. The van der Waals surface area contributed by atoms with E-state index in [4.69, 9.17) is 4.37 Å². The number of aliphatic hydroxyl groups excluding tert-OH is 1. The standard InChI is InChI=1S/C30H42N4O3S/c1-20-17-21(9-6-16-35)27-26(20)29(36)34(30(27)37)19-23-8-3-2-7-22(23)18-32-12-14-33(15-13-32)28-24-10-4-5-11-25(24)38-31-28/h4-5,10-11,20-23,35-37H,2-3,6-9,12-19H2,1H3. The average Bonchev–Trinajstić information content (AvgIpc) is 3.58. The van der Waals surface area contributed by atoms with Crippen LogP contribution in [0.2, 0.25) is 0 Å². The van der Waals surface area contributed by atoms with Crippen LogP contribution in [0.25, 0.3) is 10.1 Å². The second-order valence-corrected chi connectivity index (χ2v) is 12.7. The van der Waals surface area contributed by atoms with Crippen molar-refractivity contribution >= 4 is 27.4 Å². The van der Waals surface area contributed by atoms with Gasteiger partial charge in [0.2, 0.25) is 0 Å². The molecule has 3 N–H and O–H groups in total. The number of anilines is 1. The Morgan fingerprint density at radius 3 is 2.42 bits per heavy atom. The van der Waals surface area contributed by atoms with Gasteiger partial charge in [-0.15, -0.1) is 0 Å². The van der Waals surface area contributed by atoms with E-state index in [1.165, 1.54) is 29.3 Å². The Labute approximate surface area is 229 Å². The zero-order valence-electron chi connectivity index (χ0n) is 22.6. The summed E-state index contributed by atoms with van der Waals surface area (Å²) in [6, 6.07) is 8.52. The van der Waals surface area contributed by atoms with Gasteiger partial charge in [0.05, 0.1) is 4.70 Å². The number of nitrogens with zero attached hydrogens (tertiary/aromatic N) is 4. The fourth-order valence-corrected chi connectivity index (χ4v) is 8.33. The van der Waals surface area contributed by atoms with Crippen molar-refractivity contribution in [2.75, 3.05) is 44.2 Å². The third-order valence-corrected chi connectivity index (χ3v) is 10.4. The lowest BCUT2D eigenvalue weighted by atomic mass is 9.78. The lowest BCUT2D eigenvalue weighted by Gasteiger charge is -2.40. The van der Waals surface area contributed by atoms with Gasteiger partial charge in [-0.1, -0.05) is 31.9 Å². The van der Waals surface area contributed by atoms with E-state index in [0.717, 1.165) is 75.4 Å². The molecule has 3 heterocycles. The molecule has 4 unspecified atom stereocenters. The van der Waals surface area contributed by atoms with Crippen LogP contribution in [-0.2, 0) is 6.54 Å². The molecule has 3 aromatic rings. The molecule has 2 aromatic heterocycles. The summed E-state index contributed by atoms with van der Waals surface area (Å²) < 4.78 is 7.85. The Morgan fingerprint density at radius 2 is 1.66 bits per heavy atom. The molecule has 1 aromatic carbocycles. The highest BCUT2D eigenvalue weighted by Crippen LogP contribution is 2.53. The van der Waals surface area contributed by atoms with Crippen molar-refractivity contribution in [2.45, 2.75) is 70.3 Å². The maximum absolute atomic E-state index is 11.3. The molecule has 1 saturated heterocycles. The molecule has 0 bridgehead atoms. The minimum Gasteiger partial charge on any atom is -0.494 e. The van der Waals surface area contributed by atoms with Crippen molar-refractivity contribution in [3.8, 4) is 11.8 Å². The maximum atomic E-state index is 11.3. The van der Waals surface area contributed by atoms with Crippen LogP contribution in [0.3, 0.4) is 0 Å². The van der Waals surface area contributed by atoms with Gasteiger partial charge in [-0.3, -0.25) is 9.47 Å². The number of aromatic hydroxyl groups is 2. The van der Waals surface area contributed by atoms with Crippen LogP contribution in [0.15, 0.2) is 24.3 Å². The summed E-state index contributed by atoms with van der Waals surface area (Å²) in [5.41, 5.74) is 1.89. The molecule has 0 spiro atoms. The molecule has 206 valence electrons. The Hall–Kier alpha value is -2.29. The Morgan fingerprint density at radius 1 is 0.947 bits per heavy atom. The molecule has 2 fully saturated rings. The molecule has 8 heteroatoms. The van der Waals surface area contributed by atoms with Crippen LogP contribution in [0, 0.1) is 11.8 Å². The first-order chi connectivity index (χ1) is 18.5. The molecule has 2 aliphatic carbocycles. The second-order valence-electron chi connectivity index (χ2n) is 11.9. The van der Waals surface area contributed by atoms with E-state index >= 15 is 0 Å². The molecular weight excluding hydrogens is 496 g/mol. The molecule has 6 rings (SSSR count). The number of rotatable bonds is 8. The lowest BCUT2D eigenvalue weighted by molar-refractivity contribution is 0.130. The van der Waals surface area contributed by atoms with Gasteiger partial charge in [0.25, 0.3) is 0 Å². The number of aromatic nitrogens is 2. The van der Waals surface area contributed by atoms with Gasteiger partial charge < -0.3 is 20.2 Å². The summed E-state index contributed by atoms with van der Waals surface area (Å²) in [5.74, 6) is 3.21. The number of hydrogen-bond acceptors (Lipinski definition) is 7. The maximum Gasteiger partial charge on any atom is 0.197 e. The first-order valence-electron chi connectivity index (χ1n) is 14.6. The SMILES string of the molecule is CC1CC(CCCO)c2c1c(O)n(CC1CCCCC1CN1CCN(c3nsc4ccccc34)CC1)c2O. The van der Waals surface area contributed by atoms with Crippen molar-refractivity contribution in [3.63, 3.8) is 0 Å². The first-order valence-corrected chi connectivity index (χ1v) is 15.4. The lowest BCUT2D eigenvalue weighted by Crippen LogP contribution is -2.49. The fraction of sp³-hybridized carbons (Fsp3) is 0.633. The van der Waals surface area contributed by atoms with Gasteiger partial charge in [-0.25, -0.2) is 0 Å². The van der Waals surface area contributed by atoms with Gasteiger partial charge in [0, 0.05) is 62.4 Å². The topological polar surface area (TPSA) is 85.0 Å². The van der Waals surface area contributed by atoms with E-state index in [0.29, 0.717) is 18.4 Å². The normalized spacial score (nSPS) is 26.3. The summed E-state index contributed by atoms with van der Waals surface area (Å²) >= 11 is 1.59. The first kappa shape index (κ1) is 26.0. The molecular formula is C30H42N4O3S. The van der Waals surface area contributed by atoms with E-state index in [2.05, 4.69) is 41.0 Å². The number of fused-ring (bicyclic) bond motifs is 2. The highest BCUT2D eigenvalue weighted by atomic mass is 32.1. The predicted molar refractivity (Wildman–Crippen MR) is 154 cm³/mol. The van der Waals surface area contributed by atoms with Crippen molar-refractivity contribution in [3.05, 3.63) is 35.4 Å². The molecule has 3 aliphatic rings. The van der Waals surface area contributed by atoms with Crippen LogP contribution in [0.1, 0.15) is 74.8 Å². The number of hydrogen-bond donors (Lipinski definition) is 3. The van der Waals surface area contributed by atoms with E-state index in [-0.39, 0.29) is 30.2 Å². The summed E-state index contributed by atoms with van der Waals surface area (Å²) in [6.07, 6.45) is 7.41. The van der Waals surface area contributed by atoms with Crippen LogP contribution < -0.4 is 4.90 Å². The highest BCUT2D eigenvalue weighted by Gasteiger charge is 2.39. The largest absolute Gasteiger partial charge is 0.494 e. The van der Waals surface area contributed by atoms with E-state index < -0.39 is 0 Å².